The Morgan fingerprint density at radius 1 is 1.25 bits per heavy atom. The summed E-state index contributed by atoms with van der Waals surface area (Å²) in [7, 11) is 0. The molecule has 0 aliphatic carbocycles. The highest BCUT2D eigenvalue weighted by atomic mass is 32.1. The molecule has 4 heteroatoms. The van der Waals surface area contributed by atoms with E-state index < -0.39 is 0 Å². The lowest BCUT2D eigenvalue weighted by Gasteiger charge is -2.09. The van der Waals surface area contributed by atoms with E-state index in [1.165, 1.54) is 22.5 Å². The molecule has 0 saturated heterocycles. The molecule has 0 unspecified atom stereocenters. The lowest BCUT2D eigenvalue weighted by Crippen LogP contribution is -2.23. The molecule has 0 saturated carbocycles. The molecular formula is C16H20N2OS. The average molecular weight is 288 g/mol. The van der Waals surface area contributed by atoms with Gasteiger partial charge in [0, 0.05) is 17.0 Å². The molecule has 1 heterocycles. The van der Waals surface area contributed by atoms with E-state index in [2.05, 4.69) is 37.4 Å². The molecule has 1 aromatic heterocycles. The van der Waals surface area contributed by atoms with Gasteiger partial charge in [-0.2, -0.15) is 0 Å². The molecule has 3 N–H and O–H groups in total. The quantitative estimate of drug-likeness (QED) is 0.905. The number of carbonyl (C=O) groups excluding carboxylic acids is 1. The molecule has 0 aliphatic heterocycles. The largest absolute Gasteiger partial charge is 0.390 e. The van der Waals surface area contributed by atoms with Crippen molar-refractivity contribution < 1.29 is 4.79 Å². The molecule has 0 fully saturated rings. The van der Waals surface area contributed by atoms with Crippen molar-refractivity contribution in [2.45, 2.75) is 27.7 Å². The number of amides is 1. The summed E-state index contributed by atoms with van der Waals surface area (Å²) < 4.78 is 0. The zero-order valence-electron chi connectivity index (χ0n) is 12.3. The number of hydrogen-bond donors (Lipinski definition) is 2. The van der Waals surface area contributed by atoms with E-state index >= 15 is 0 Å². The predicted octanol–water partition coefficient (Wildman–Crippen LogP) is 3.67. The van der Waals surface area contributed by atoms with Gasteiger partial charge >= 0.3 is 0 Å². The highest BCUT2D eigenvalue weighted by Crippen LogP contribution is 2.38. The molecule has 0 radical (unpaired) electrons. The molecule has 2 rings (SSSR count). The highest BCUT2D eigenvalue weighted by Gasteiger charge is 2.21. The van der Waals surface area contributed by atoms with Crippen molar-refractivity contribution in [1.82, 2.24) is 5.32 Å². The molecule has 106 valence electrons. The molecule has 1 aromatic carbocycles. The van der Waals surface area contributed by atoms with Crippen LogP contribution >= 0.6 is 11.3 Å². The van der Waals surface area contributed by atoms with Crippen LogP contribution in [0.5, 0.6) is 0 Å². The van der Waals surface area contributed by atoms with Gasteiger partial charge in [0.05, 0.1) is 10.6 Å². The normalized spacial score (nSPS) is 10.6. The third-order valence-electron chi connectivity index (χ3n) is 3.47. The Morgan fingerprint density at radius 2 is 1.95 bits per heavy atom. The fraction of sp³-hybridized carbons (Fsp3) is 0.312. The molecule has 3 nitrogen and oxygen atoms in total. The summed E-state index contributed by atoms with van der Waals surface area (Å²) >= 11 is 1.47. The number of hydrogen-bond acceptors (Lipinski definition) is 3. The molecule has 0 atom stereocenters. The number of rotatable bonds is 3. The lowest BCUT2D eigenvalue weighted by atomic mass is 9.97. The summed E-state index contributed by atoms with van der Waals surface area (Å²) in [5.74, 6) is -0.0948. The van der Waals surface area contributed by atoms with Crippen LogP contribution in [0, 0.1) is 20.8 Å². The fourth-order valence-electron chi connectivity index (χ4n) is 2.29. The number of carbonyl (C=O) groups is 1. The Kier molecular flexibility index (Phi) is 4.14. The van der Waals surface area contributed by atoms with Crippen LogP contribution < -0.4 is 11.1 Å². The first-order valence-corrected chi connectivity index (χ1v) is 7.52. The van der Waals surface area contributed by atoms with Crippen LogP contribution in [0.25, 0.3) is 11.1 Å². The number of nitrogens with two attached hydrogens (primary N) is 1. The van der Waals surface area contributed by atoms with Gasteiger partial charge in [-0.15, -0.1) is 11.3 Å². The van der Waals surface area contributed by atoms with E-state index in [0.717, 1.165) is 16.0 Å². The van der Waals surface area contributed by atoms with Crippen LogP contribution in [0.4, 0.5) is 5.00 Å². The molecule has 0 aliphatic rings. The fourth-order valence-corrected chi connectivity index (χ4v) is 3.23. The summed E-state index contributed by atoms with van der Waals surface area (Å²) in [4.78, 5) is 13.3. The van der Waals surface area contributed by atoms with Crippen LogP contribution in [-0.2, 0) is 0 Å². The lowest BCUT2D eigenvalue weighted by molar-refractivity contribution is 0.0957. The molecule has 20 heavy (non-hydrogen) atoms. The summed E-state index contributed by atoms with van der Waals surface area (Å²) in [6.07, 6.45) is 0. The Labute approximate surface area is 123 Å². The zero-order chi connectivity index (χ0) is 14.9. The van der Waals surface area contributed by atoms with E-state index in [-0.39, 0.29) is 5.91 Å². The monoisotopic (exact) mass is 288 g/mol. The third-order valence-corrected chi connectivity index (χ3v) is 4.41. The second-order valence-corrected chi connectivity index (χ2v) is 6.19. The summed E-state index contributed by atoms with van der Waals surface area (Å²) in [5.41, 5.74) is 11.1. The van der Waals surface area contributed by atoms with Gasteiger partial charge < -0.3 is 11.1 Å². The Balaban J connectivity index is 2.61. The molecule has 0 spiro atoms. The van der Waals surface area contributed by atoms with Gasteiger partial charge in [0.25, 0.3) is 5.91 Å². The number of anilines is 1. The van der Waals surface area contributed by atoms with Crippen molar-refractivity contribution in [3.05, 3.63) is 39.8 Å². The number of nitrogens with one attached hydrogen (secondary N) is 1. The van der Waals surface area contributed by atoms with Crippen molar-refractivity contribution in [1.29, 1.82) is 0 Å². The van der Waals surface area contributed by atoms with E-state index in [4.69, 9.17) is 5.73 Å². The van der Waals surface area contributed by atoms with Crippen molar-refractivity contribution in [2.24, 2.45) is 0 Å². The maximum Gasteiger partial charge on any atom is 0.254 e. The predicted molar refractivity (Wildman–Crippen MR) is 86.4 cm³/mol. The zero-order valence-corrected chi connectivity index (χ0v) is 13.1. The topological polar surface area (TPSA) is 55.1 Å². The van der Waals surface area contributed by atoms with Gasteiger partial charge in [-0.05, 0) is 44.4 Å². The average Bonchev–Trinajstić information content (AvgIpc) is 2.68. The van der Waals surface area contributed by atoms with E-state index in [0.29, 0.717) is 17.1 Å². The van der Waals surface area contributed by atoms with Crippen LogP contribution in [0.15, 0.2) is 18.2 Å². The number of nitrogen functional groups attached to an aromatic ring is 1. The van der Waals surface area contributed by atoms with Crippen molar-refractivity contribution in [3.63, 3.8) is 0 Å². The minimum Gasteiger partial charge on any atom is -0.390 e. The molecular weight excluding hydrogens is 268 g/mol. The first-order chi connectivity index (χ1) is 9.45. The minimum atomic E-state index is -0.0948. The third kappa shape index (κ3) is 2.56. The first kappa shape index (κ1) is 14.6. The van der Waals surface area contributed by atoms with Gasteiger partial charge in [-0.3, -0.25) is 4.79 Å². The van der Waals surface area contributed by atoms with Crippen molar-refractivity contribution in [2.75, 3.05) is 12.3 Å². The van der Waals surface area contributed by atoms with Crippen molar-refractivity contribution >= 4 is 22.2 Å². The highest BCUT2D eigenvalue weighted by molar-refractivity contribution is 7.16. The second-order valence-electron chi connectivity index (χ2n) is 4.93. The van der Waals surface area contributed by atoms with Crippen LogP contribution in [0.1, 0.15) is 33.3 Å². The number of aryl methyl sites for hydroxylation is 3. The summed E-state index contributed by atoms with van der Waals surface area (Å²) in [5, 5.41) is 3.42. The molecule has 2 aromatic rings. The Hall–Kier alpha value is -1.81. The van der Waals surface area contributed by atoms with Crippen LogP contribution in [0.3, 0.4) is 0 Å². The molecule has 1 amide bonds. The van der Waals surface area contributed by atoms with Crippen molar-refractivity contribution in [3.8, 4) is 11.1 Å². The van der Waals surface area contributed by atoms with Gasteiger partial charge in [-0.1, -0.05) is 18.2 Å². The maximum absolute atomic E-state index is 12.2. The first-order valence-electron chi connectivity index (χ1n) is 6.70. The SMILES string of the molecule is CCNC(=O)c1c(N)sc(C)c1-c1ccc(C)c(C)c1. The standard InChI is InChI=1S/C16H20N2OS/c1-5-18-16(19)14-13(11(4)20-15(14)17)12-7-6-9(2)10(3)8-12/h6-8H,5,17H2,1-4H3,(H,18,19). The Morgan fingerprint density at radius 3 is 2.55 bits per heavy atom. The van der Waals surface area contributed by atoms with Crippen LogP contribution in [0.2, 0.25) is 0 Å². The maximum atomic E-state index is 12.2. The minimum absolute atomic E-state index is 0.0948. The smallest absolute Gasteiger partial charge is 0.254 e. The number of benzene rings is 1. The van der Waals surface area contributed by atoms with Gasteiger partial charge in [0.15, 0.2) is 0 Å². The molecule has 0 bridgehead atoms. The van der Waals surface area contributed by atoms with Gasteiger partial charge in [-0.25, -0.2) is 0 Å². The summed E-state index contributed by atoms with van der Waals surface area (Å²) in [6.45, 7) is 8.67. The van der Waals surface area contributed by atoms with Crippen LogP contribution in [-0.4, -0.2) is 12.5 Å². The Bertz CT molecular complexity index is 659. The van der Waals surface area contributed by atoms with Gasteiger partial charge in [0.1, 0.15) is 0 Å². The van der Waals surface area contributed by atoms with E-state index in [9.17, 15) is 4.79 Å². The summed E-state index contributed by atoms with van der Waals surface area (Å²) in [6, 6.07) is 6.26. The second kappa shape index (κ2) is 5.67. The number of thiophene rings is 1. The van der Waals surface area contributed by atoms with E-state index in [1.54, 1.807) is 0 Å². The van der Waals surface area contributed by atoms with Gasteiger partial charge in [0.2, 0.25) is 0 Å². The van der Waals surface area contributed by atoms with E-state index in [1.807, 2.05) is 13.8 Å².